The molecule has 30 heavy (non-hydrogen) atoms. The maximum absolute atomic E-state index is 8.89. The quantitative estimate of drug-likeness (QED) is 0.464. The molecule has 0 atom stereocenters. The highest BCUT2D eigenvalue weighted by atomic mass is 31.2. The van der Waals surface area contributed by atoms with Crippen LogP contribution in [0.15, 0.2) is 91.0 Å². The minimum atomic E-state index is -1.66. The van der Waals surface area contributed by atoms with Crippen LogP contribution in [0.25, 0.3) is 0 Å². The molecule has 2 nitrogen and oxygen atoms in total. The molecule has 1 aliphatic carbocycles. The van der Waals surface area contributed by atoms with E-state index in [-0.39, 0.29) is 0 Å². The van der Waals surface area contributed by atoms with Crippen molar-refractivity contribution in [3.05, 3.63) is 91.0 Å². The molecule has 0 heterocycles. The standard InChI is InChI=1S/C25H28P.C2H4O2/c1-2-7-15-22(14-6-1)26(23-16-8-3-9-17-23,24-18-10-4-11-19-24)25-20-12-5-13-21-25;1-2(3)4/h3-5,8-13,16-22H,1-2,6-7,14-15H2;1H3,(H,3,4)/q+1;/p-1. The van der Waals surface area contributed by atoms with E-state index in [1.165, 1.54) is 38.5 Å². The second-order valence-corrected chi connectivity index (χ2v) is 11.6. The Morgan fingerprint density at radius 3 is 1.27 bits per heavy atom. The molecule has 0 saturated heterocycles. The Kier molecular flexibility index (Phi) is 8.22. The number of carboxylic acid groups (broad SMARTS) is 1. The van der Waals surface area contributed by atoms with Crippen molar-refractivity contribution in [3.63, 3.8) is 0 Å². The Hall–Kier alpha value is -2.44. The molecule has 3 aromatic rings. The van der Waals surface area contributed by atoms with E-state index in [4.69, 9.17) is 9.90 Å². The minimum Gasteiger partial charge on any atom is -0.550 e. The van der Waals surface area contributed by atoms with Crippen molar-refractivity contribution in [3.8, 4) is 0 Å². The summed E-state index contributed by atoms with van der Waals surface area (Å²) in [6.07, 6.45) is 8.25. The molecule has 0 spiro atoms. The fraction of sp³-hybridized carbons (Fsp3) is 0.296. The van der Waals surface area contributed by atoms with Crippen molar-refractivity contribution in [2.24, 2.45) is 0 Å². The molecule has 3 aromatic carbocycles. The highest BCUT2D eigenvalue weighted by Crippen LogP contribution is 2.62. The van der Waals surface area contributed by atoms with Gasteiger partial charge in [0.1, 0.15) is 23.2 Å². The summed E-state index contributed by atoms with van der Waals surface area (Å²) in [6, 6.07) is 34.2. The van der Waals surface area contributed by atoms with Gasteiger partial charge in [0, 0.05) is 5.97 Å². The van der Waals surface area contributed by atoms with Gasteiger partial charge in [0.05, 0.1) is 5.66 Å². The average molecular weight is 419 g/mol. The number of benzene rings is 3. The first-order valence-corrected chi connectivity index (χ1v) is 12.7. The molecule has 0 unspecified atom stereocenters. The van der Waals surface area contributed by atoms with Gasteiger partial charge in [-0.05, 0) is 69.0 Å². The van der Waals surface area contributed by atoms with E-state index in [2.05, 4.69) is 91.0 Å². The number of hydrogen-bond acceptors (Lipinski definition) is 2. The topological polar surface area (TPSA) is 40.1 Å². The predicted molar refractivity (Wildman–Crippen MR) is 127 cm³/mol. The van der Waals surface area contributed by atoms with Gasteiger partial charge >= 0.3 is 0 Å². The van der Waals surface area contributed by atoms with Gasteiger partial charge in [-0.2, -0.15) is 0 Å². The van der Waals surface area contributed by atoms with Crippen molar-refractivity contribution in [2.75, 3.05) is 0 Å². The molecule has 156 valence electrons. The number of hydrogen-bond donors (Lipinski definition) is 0. The molecule has 0 aromatic heterocycles. The molecule has 0 amide bonds. The minimum absolute atomic E-state index is 0.747. The van der Waals surface area contributed by atoms with Gasteiger partial charge in [-0.1, -0.05) is 67.4 Å². The molecule has 0 radical (unpaired) electrons. The molecule has 1 fully saturated rings. The summed E-state index contributed by atoms with van der Waals surface area (Å²) in [5, 5.41) is 13.5. The lowest BCUT2D eigenvalue weighted by atomic mass is 10.2. The second-order valence-electron chi connectivity index (χ2n) is 7.87. The van der Waals surface area contributed by atoms with E-state index in [0.29, 0.717) is 0 Å². The van der Waals surface area contributed by atoms with Gasteiger partial charge < -0.3 is 9.90 Å². The van der Waals surface area contributed by atoms with E-state index < -0.39 is 13.2 Å². The normalized spacial score (nSPS) is 14.8. The van der Waals surface area contributed by atoms with Gasteiger partial charge in [-0.3, -0.25) is 0 Å². The van der Waals surface area contributed by atoms with E-state index in [1.54, 1.807) is 15.9 Å². The SMILES string of the molecule is CC(=O)[O-].c1ccc([P+](c2ccccc2)(c2ccccc2)C2CCCCCC2)cc1. The second kappa shape index (κ2) is 11.1. The third-order valence-electron chi connectivity index (χ3n) is 5.86. The van der Waals surface area contributed by atoms with Crippen molar-refractivity contribution in [1.82, 2.24) is 0 Å². The van der Waals surface area contributed by atoms with Crippen LogP contribution < -0.4 is 21.0 Å². The molecule has 1 aliphatic rings. The molecule has 1 saturated carbocycles. The molecule has 0 N–H and O–H groups in total. The largest absolute Gasteiger partial charge is 0.550 e. The van der Waals surface area contributed by atoms with E-state index in [9.17, 15) is 0 Å². The Morgan fingerprint density at radius 2 is 0.967 bits per heavy atom. The summed E-state index contributed by atoms with van der Waals surface area (Å²) in [5.74, 6) is -1.08. The summed E-state index contributed by atoms with van der Waals surface area (Å²) in [5.41, 5.74) is 0.747. The maximum atomic E-state index is 8.89. The lowest BCUT2D eigenvalue weighted by molar-refractivity contribution is -0.302. The van der Waals surface area contributed by atoms with Crippen LogP contribution in [0.3, 0.4) is 0 Å². The molecule has 0 bridgehead atoms. The number of rotatable bonds is 4. The number of carbonyl (C=O) groups excluding carboxylic acids is 1. The number of aliphatic carboxylic acids is 1. The zero-order valence-electron chi connectivity index (χ0n) is 17.7. The smallest absolute Gasteiger partial charge is 0.115 e. The summed E-state index contributed by atoms with van der Waals surface area (Å²) >= 11 is 0. The van der Waals surface area contributed by atoms with Gasteiger partial charge in [0.25, 0.3) is 0 Å². The third kappa shape index (κ3) is 5.18. The van der Waals surface area contributed by atoms with E-state index >= 15 is 0 Å². The van der Waals surface area contributed by atoms with Crippen LogP contribution in [0.1, 0.15) is 45.4 Å². The van der Waals surface area contributed by atoms with Crippen LogP contribution >= 0.6 is 7.26 Å². The van der Waals surface area contributed by atoms with E-state index in [0.717, 1.165) is 12.6 Å². The van der Waals surface area contributed by atoms with Crippen LogP contribution in [0.4, 0.5) is 0 Å². The van der Waals surface area contributed by atoms with Gasteiger partial charge in [-0.15, -0.1) is 0 Å². The molecule has 3 heteroatoms. The number of carbonyl (C=O) groups is 1. The van der Waals surface area contributed by atoms with Crippen molar-refractivity contribution >= 4 is 29.1 Å². The summed E-state index contributed by atoms with van der Waals surface area (Å²) in [6.45, 7) is 0.972. The molecular weight excluding hydrogens is 387 g/mol. The van der Waals surface area contributed by atoms with Crippen molar-refractivity contribution < 1.29 is 9.90 Å². The highest BCUT2D eigenvalue weighted by molar-refractivity contribution is 7.96. The van der Waals surface area contributed by atoms with Gasteiger partial charge in [0.15, 0.2) is 0 Å². The zero-order valence-corrected chi connectivity index (χ0v) is 18.6. The highest BCUT2D eigenvalue weighted by Gasteiger charge is 2.51. The van der Waals surface area contributed by atoms with Crippen LogP contribution in [0.2, 0.25) is 0 Å². The Bertz CT molecular complexity index is 785. The summed E-state index contributed by atoms with van der Waals surface area (Å²) in [7, 11) is -1.66. The van der Waals surface area contributed by atoms with Crippen molar-refractivity contribution in [2.45, 2.75) is 51.1 Å². The lowest BCUT2D eigenvalue weighted by Crippen LogP contribution is -2.38. The molecule has 0 aliphatic heterocycles. The first-order valence-electron chi connectivity index (χ1n) is 10.9. The third-order valence-corrected chi connectivity index (χ3v) is 10.8. The predicted octanol–water partition coefficient (Wildman–Crippen LogP) is 4.46. The average Bonchev–Trinajstić information content (AvgIpc) is 3.06. The first-order chi connectivity index (χ1) is 14.7. The van der Waals surface area contributed by atoms with Crippen LogP contribution in [0, 0.1) is 0 Å². The van der Waals surface area contributed by atoms with Crippen LogP contribution in [0.5, 0.6) is 0 Å². The lowest BCUT2D eigenvalue weighted by Gasteiger charge is -2.34. The van der Waals surface area contributed by atoms with Crippen molar-refractivity contribution in [1.29, 1.82) is 0 Å². The maximum Gasteiger partial charge on any atom is 0.115 e. The first kappa shape index (κ1) is 22.2. The Morgan fingerprint density at radius 1 is 0.667 bits per heavy atom. The molecular formula is C27H31O2P. The number of carboxylic acids is 1. The zero-order chi connectivity index (χ0) is 21.2. The Balaban J connectivity index is 0.000000589. The fourth-order valence-corrected chi connectivity index (χ4v) is 9.94. The monoisotopic (exact) mass is 418 g/mol. The van der Waals surface area contributed by atoms with E-state index in [1.807, 2.05) is 0 Å². The summed E-state index contributed by atoms with van der Waals surface area (Å²) < 4.78 is 0. The van der Waals surface area contributed by atoms with Gasteiger partial charge in [0.2, 0.25) is 0 Å². The fourth-order valence-electron chi connectivity index (χ4n) is 4.71. The van der Waals surface area contributed by atoms with Gasteiger partial charge in [-0.25, -0.2) is 0 Å². The Labute approximate surface area is 181 Å². The van der Waals surface area contributed by atoms with Crippen LogP contribution in [-0.4, -0.2) is 11.6 Å². The van der Waals surface area contributed by atoms with Crippen LogP contribution in [-0.2, 0) is 4.79 Å². The summed E-state index contributed by atoms with van der Waals surface area (Å²) in [4.78, 5) is 8.89. The molecule has 4 rings (SSSR count).